The molecule has 0 spiro atoms. The fourth-order valence-electron chi connectivity index (χ4n) is 3.76. The zero-order chi connectivity index (χ0) is 24.4. The average Bonchev–Trinajstić information content (AvgIpc) is 3.31. The molecule has 3 aromatic rings. The normalized spacial score (nSPS) is 16.8. The van der Waals surface area contributed by atoms with Crippen LogP contribution in [0, 0.1) is 27.4 Å². The van der Waals surface area contributed by atoms with E-state index in [1.807, 2.05) is 30.3 Å². The minimum Gasteiger partial charge on any atom is -0.271 e. The molecule has 2 aliphatic rings. The van der Waals surface area contributed by atoms with Gasteiger partial charge in [0, 0.05) is 29.5 Å². The molecule has 2 aromatic carbocycles. The molecule has 2 heterocycles. The molecule has 0 radical (unpaired) electrons. The Hall–Kier alpha value is -5.23. The molecule has 1 unspecified atom stereocenters. The van der Waals surface area contributed by atoms with Gasteiger partial charge in [0.2, 0.25) is 0 Å². The highest BCUT2D eigenvalue weighted by Crippen LogP contribution is 2.28. The van der Waals surface area contributed by atoms with Gasteiger partial charge in [0.05, 0.1) is 21.9 Å². The number of nitrogens with zero attached hydrogens (tertiary/aromatic N) is 6. The van der Waals surface area contributed by atoms with Crippen LogP contribution < -0.4 is 0 Å². The predicted octanol–water partition coefficient (Wildman–Crippen LogP) is 4.48. The second-order valence-corrected chi connectivity index (χ2v) is 7.72. The Balaban J connectivity index is 1.62. The first-order valence-corrected chi connectivity index (χ1v) is 10.6. The molecule has 0 saturated carbocycles. The van der Waals surface area contributed by atoms with E-state index in [0.717, 1.165) is 5.69 Å². The third-order valence-electron chi connectivity index (χ3n) is 5.49. The van der Waals surface area contributed by atoms with Crippen LogP contribution in [-0.4, -0.2) is 32.2 Å². The number of hydrogen-bond donors (Lipinski definition) is 0. The van der Waals surface area contributed by atoms with Gasteiger partial charge in [-0.25, -0.2) is 9.67 Å². The highest BCUT2D eigenvalue weighted by molar-refractivity contribution is 6.26. The summed E-state index contributed by atoms with van der Waals surface area (Å²) < 4.78 is 1.65. The molecule has 0 N–H and O–H groups in total. The van der Waals surface area contributed by atoms with Gasteiger partial charge in [0.1, 0.15) is 17.7 Å². The number of non-ortho nitro benzene ring substituents is 1. The lowest BCUT2D eigenvalue weighted by Gasteiger charge is -2.17. The summed E-state index contributed by atoms with van der Waals surface area (Å²) >= 11 is 0. The molecule has 9 nitrogen and oxygen atoms in total. The molecule has 0 fully saturated rings. The summed E-state index contributed by atoms with van der Waals surface area (Å²) in [6.07, 6.45) is 10.3. The summed E-state index contributed by atoms with van der Waals surface area (Å²) in [5.74, 6) is -0.895. The number of aromatic nitrogens is 2. The topological polar surface area (TPSA) is 127 Å². The molecular formula is C26H16N6O3. The number of benzene rings is 2. The number of nitriles is 1. The second kappa shape index (κ2) is 8.96. The van der Waals surface area contributed by atoms with E-state index in [4.69, 9.17) is 0 Å². The van der Waals surface area contributed by atoms with Crippen LogP contribution in [-0.2, 0) is 4.79 Å². The summed E-state index contributed by atoms with van der Waals surface area (Å²) in [6.45, 7) is 0. The summed E-state index contributed by atoms with van der Waals surface area (Å²) in [4.78, 5) is 31.6. The maximum Gasteiger partial charge on any atom is 0.269 e. The van der Waals surface area contributed by atoms with E-state index in [9.17, 15) is 20.2 Å². The lowest BCUT2D eigenvalue weighted by atomic mass is 9.96. The summed E-state index contributed by atoms with van der Waals surface area (Å²) in [7, 11) is 0. The Morgan fingerprint density at radius 1 is 1.09 bits per heavy atom. The molecule has 9 heteroatoms. The molecule has 1 atom stereocenters. The summed E-state index contributed by atoms with van der Waals surface area (Å²) in [6, 6.07) is 17.5. The van der Waals surface area contributed by atoms with Crippen molar-refractivity contribution in [3.63, 3.8) is 0 Å². The highest BCUT2D eigenvalue weighted by Gasteiger charge is 2.27. The van der Waals surface area contributed by atoms with Gasteiger partial charge in [-0.1, -0.05) is 36.4 Å². The molecule has 1 aliphatic heterocycles. The van der Waals surface area contributed by atoms with Crippen LogP contribution in [0.25, 0.3) is 23.0 Å². The standard InChI is InChI=1S/C26H16N6O3/c27-15-18(25-28-23-9-5-4-8-22(23)26(33)29-25)14-19-16-31(20-6-2-1-3-7-20)30-24(19)17-10-12-21(13-11-17)32(34)35/h1-14,16,22H/b18-14-. The molecule has 5 rings (SSSR count). The van der Waals surface area contributed by atoms with Crippen LogP contribution in [0.1, 0.15) is 5.56 Å². The molecule has 0 saturated heterocycles. The van der Waals surface area contributed by atoms with E-state index in [2.05, 4.69) is 21.2 Å². The van der Waals surface area contributed by atoms with Crippen molar-refractivity contribution in [3.05, 3.63) is 106 Å². The smallest absolute Gasteiger partial charge is 0.269 e. The Kier molecular flexibility index (Phi) is 5.53. The van der Waals surface area contributed by atoms with Crippen molar-refractivity contribution >= 4 is 29.2 Å². The van der Waals surface area contributed by atoms with Gasteiger partial charge in [-0.2, -0.15) is 15.4 Å². The Morgan fingerprint density at radius 3 is 2.57 bits per heavy atom. The van der Waals surface area contributed by atoms with Crippen molar-refractivity contribution in [1.82, 2.24) is 9.78 Å². The molecule has 1 aromatic heterocycles. The zero-order valence-electron chi connectivity index (χ0n) is 18.1. The number of fused-ring (bicyclic) bond motifs is 1. The van der Waals surface area contributed by atoms with Gasteiger partial charge in [-0.3, -0.25) is 14.9 Å². The van der Waals surface area contributed by atoms with Gasteiger partial charge in [-0.05, 0) is 36.4 Å². The third kappa shape index (κ3) is 4.24. The third-order valence-corrected chi connectivity index (χ3v) is 5.49. The molecule has 1 amide bonds. The van der Waals surface area contributed by atoms with Crippen LogP contribution in [0.5, 0.6) is 0 Å². The number of aliphatic imine (C=N–C) groups is 2. The number of nitro groups is 1. The van der Waals surface area contributed by atoms with Crippen LogP contribution in [0.15, 0.2) is 101 Å². The fraction of sp³-hybridized carbons (Fsp3) is 0.0385. The van der Waals surface area contributed by atoms with E-state index in [-0.39, 0.29) is 23.0 Å². The van der Waals surface area contributed by atoms with E-state index < -0.39 is 10.8 Å². The maximum absolute atomic E-state index is 12.5. The molecular weight excluding hydrogens is 444 g/mol. The monoisotopic (exact) mass is 460 g/mol. The van der Waals surface area contributed by atoms with Crippen molar-refractivity contribution < 1.29 is 9.72 Å². The van der Waals surface area contributed by atoms with Crippen molar-refractivity contribution in [2.45, 2.75) is 0 Å². The number of nitro benzene ring substituents is 1. The van der Waals surface area contributed by atoms with Gasteiger partial charge in [0.25, 0.3) is 11.6 Å². The largest absolute Gasteiger partial charge is 0.271 e. The molecule has 0 bridgehead atoms. The van der Waals surface area contributed by atoms with Crippen LogP contribution in [0.3, 0.4) is 0 Å². The van der Waals surface area contributed by atoms with Crippen molar-refractivity contribution in [2.24, 2.45) is 15.9 Å². The summed E-state index contributed by atoms with van der Waals surface area (Å²) in [5, 5.41) is 25.6. The first-order valence-electron chi connectivity index (χ1n) is 10.6. The van der Waals surface area contributed by atoms with Crippen molar-refractivity contribution in [1.29, 1.82) is 5.26 Å². The lowest BCUT2D eigenvalue weighted by molar-refractivity contribution is -0.384. The van der Waals surface area contributed by atoms with Crippen LogP contribution in [0.4, 0.5) is 5.69 Å². The number of carbonyl (C=O) groups is 1. The predicted molar refractivity (Wildman–Crippen MR) is 131 cm³/mol. The van der Waals surface area contributed by atoms with E-state index in [1.165, 1.54) is 12.1 Å². The number of hydrogen-bond acceptors (Lipinski definition) is 6. The van der Waals surface area contributed by atoms with Crippen molar-refractivity contribution in [3.8, 4) is 23.0 Å². The first kappa shape index (κ1) is 21.6. The SMILES string of the molecule is N#C/C(=C/c1cn(-c2ccccc2)nc1-c1ccc([N+](=O)[O-])cc1)C1=NC(=O)C2C=CC=CC2=N1. The molecule has 35 heavy (non-hydrogen) atoms. The zero-order valence-corrected chi connectivity index (χ0v) is 18.1. The van der Waals surface area contributed by atoms with Gasteiger partial charge in [0.15, 0.2) is 5.84 Å². The van der Waals surface area contributed by atoms with E-state index in [1.54, 1.807) is 53.4 Å². The number of amides is 1. The number of rotatable bonds is 5. The molecule has 1 aliphatic carbocycles. The number of amidine groups is 1. The van der Waals surface area contributed by atoms with E-state index >= 15 is 0 Å². The fourth-order valence-corrected chi connectivity index (χ4v) is 3.76. The Bertz CT molecular complexity index is 1530. The number of carbonyl (C=O) groups excluding carboxylic acids is 1. The first-order chi connectivity index (χ1) is 17.0. The van der Waals surface area contributed by atoms with Crippen LogP contribution in [0.2, 0.25) is 0 Å². The van der Waals surface area contributed by atoms with Crippen molar-refractivity contribution in [2.75, 3.05) is 0 Å². The minimum absolute atomic E-state index is 0.0332. The lowest BCUT2D eigenvalue weighted by Crippen LogP contribution is -2.27. The number of para-hydroxylation sites is 1. The van der Waals surface area contributed by atoms with E-state index in [0.29, 0.717) is 22.5 Å². The minimum atomic E-state index is -0.541. The maximum atomic E-state index is 12.5. The summed E-state index contributed by atoms with van der Waals surface area (Å²) in [5.41, 5.74) is 3.08. The highest BCUT2D eigenvalue weighted by atomic mass is 16.6. The number of allylic oxidation sites excluding steroid dienone is 3. The van der Waals surface area contributed by atoms with Gasteiger partial charge >= 0.3 is 0 Å². The van der Waals surface area contributed by atoms with Gasteiger partial charge in [-0.15, -0.1) is 0 Å². The Labute approximate surface area is 199 Å². The Morgan fingerprint density at radius 2 is 1.86 bits per heavy atom. The molecule has 168 valence electrons. The second-order valence-electron chi connectivity index (χ2n) is 7.72. The quantitative estimate of drug-likeness (QED) is 0.315. The average molecular weight is 460 g/mol. The van der Waals surface area contributed by atoms with Crippen LogP contribution >= 0.6 is 0 Å². The van der Waals surface area contributed by atoms with Gasteiger partial charge < -0.3 is 0 Å².